The van der Waals surface area contributed by atoms with Gasteiger partial charge in [0.25, 0.3) is 0 Å². The molecule has 4 bridgehead atoms. The topological polar surface area (TPSA) is 70.2 Å². The SMILES string of the molecule is O=C(CCNC(=O)NC12CC3CC(CC(C3)C1)C2)NC1CCCc2ccccc21. The van der Waals surface area contributed by atoms with E-state index < -0.39 is 0 Å². The third-order valence-corrected chi connectivity index (χ3v) is 7.76. The second kappa shape index (κ2) is 7.66. The van der Waals surface area contributed by atoms with Crippen molar-refractivity contribution in [2.45, 2.75) is 75.8 Å². The van der Waals surface area contributed by atoms with Crippen LogP contribution in [0.3, 0.4) is 0 Å². The van der Waals surface area contributed by atoms with E-state index in [4.69, 9.17) is 0 Å². The van der Waals surface area contributed by atoms with Crippen molar-refractivity contribution in [1.82, 2.24) is 16.0 Å². The average molecular weight is 396 g/mol. The molecule has 5 aliphatic carbocycles. The highest BCUT2D eigenvalue weighted by molar-refractivity contribution is 5.79. The maximum absolute atomic E-state index is 12.5. The largest absolute Gasteiger partial charge is 0.349 e. The molecule has 1 aromatic carbocycles. The molecule has 0 spiro atoms. The molecule has 0 aliphatic heterocycles. The van der Waals surface area contributed by atoms with Gasteiger partial charge < -0.3 is 16.0 Å². The molecule has 29 heavy (non-hydrogen) atoms. The van der Waals surface area contributed by atoms with E-state index >= 15 is 0 Å². The first-order chi connectivity index (χ1) is 14.1. The second-order valence-electron chi connectivity index (χ2n) is 10.0. The third-order valence-electron chi connectivity index (χ3n) is 7.76. The summed E-state index contributed by atoms with van der Waals surface area (Å²) in [5, 5.41) is 9.41. The molecule has 5 nitrogen and oxygen atoms in total. The quantitative estimate of drug-likeness (QED) is 0.709. The minimum Gasteiger partial charge on any atom is -0.349 e. The van der Waals surface area contributed by atoms with Gasteiger partial charge >= 0.3 is 6.03 Å². The van der Waals surface area contributed by atoms with Gasteiger partial charge in [-0.1, -0.05) is 24.3 Å². The molecular formula is C24H33N3O2. The minimum absolute atomic E-state index is 0.0156. The van der Waals surface area contributed by atoms with Crippen LogP contribution in [0.15, 0.2) is 24.3 Å². The predicted molar refractivity (Wildman–Crippen MR) is 112 cm³/mol. The van der Waals surface area contributed by atoms with E-state index in [1.807, 2.05) is 6.07 Å². The van der Waals surface area contributed by atoms with Crippen LogP contribution in [-0.4, -0.2) is 24.0 Å². The molecule has 1 aromatic rings. The number of amides is 3. The van der Waals surface area contributed by atoms with Crippen LogP contribution in [0.4, 0.5) is 4.79 Å². The Hall–Kier alpha value is -2.04. The van der Waals surface area contributed by atoms with Gasteiger partial charge in [-0.05, 0) is 86.7 Å². The van der Waals surface area contributed by atoms with Crippen LogP contribution < -0.4 is 16.0 Å². The van der Waals surface area contributed by atoms with E-state index in [1.165, 1.54) is 30.4 Å². The molecule has 0 aromatic heterocycles. The summed E-state index contributed by atoms with van der Waals surface area (Å²) < 4.78 is 0. The van der Waals surface area contributed by atoms with Gasteiger partial charge in [0.1, 0.15) is 0 Å². The number of fused-ring (bicyclic) bond motifs is 1. The molecule has 0 heterocycles. The molecule has 1 atom stereocenters. The fourth-order valence-corrected chi connectivity index (χ4v) is 7.01. The first kappa shape index (κ1) is 19.0. The Morgan fingerprint density at radius 3 is 2.41 bits per heavy atom. The zero-order chi connectivity index (χ0) is 19.8. The summed E-state index contributed by atoms with van der Waals surface area (Å²) in [7, 11) is 0. The Bertz CT molecular complexity index is 755. The Morgan fingerprint density at radius 1 is 1.00 bits per heavy atom. The van der Waals surface area contributed by atoms with Crippen LogP contribution in [-0.2, 0) is 11.2 Å². The van der Waals surface area contributed by atoms with Crippen molar-refractivity contribution in [3.05, 3.63) is 35.4 Å². The predicted octanol–water partition coefficient (Wildman–Crippen LogP) is 3.84. The number of carbonyl (C=O) groups excluding carboxylic acids is 2. The number of hydrogen-bond donors (Lipinski definition) is 3. The molecule has 156 valence electrons. The number of benzene rings is 1. The summed E-state index contributed by atoms with van der Waals surface area (Å²) in [5.74, 6) is 2.45. The molecule has 5 heteroatoms. The number of nitrogens with one attached hydrogen (secondary N) is 3. The number of rotatable bonds is 5. The van der Waals surface area contributed by atoms with Crippen molar-refractivity contribution in [3.8, 4) is 0 Å². The molecule has 4 fully saturated rings. The maximum atomic E-state index is 12.5. The molecule has 0 radical (unpaired) electrons. The Labute approximate surface area is 173 Å². The summed E-state index contributed by atoms with van der Waals surface area (Å²) >= 11 is 0. The van der Waals surface area contributed by atoms with E-state index in [0.717, 1.165) is 56.3 Å². The lowest BCUT2D eigenvalue weighted by molar-refractivity contribution is -0.121. The number of urea groups is 1. The number of aryl methyl sites for hydroxylation is 1. The molecule has 5 aliphatic rings. The highest BCUT2D eigenvalue weighted by atomic mass is 16.2. The van der Waals surface area contributed by atoms with Gasteiger partial charge in [-0.25, -0.2) is 4.79 Å². The zero-order valence-corrected chi connectivity index (χ0v) is 17.2. The minimum atomic E-state index is -0.0947. The van der Waals surface area contributed by atoms with Crippen LogP contribution in [0.25, 0.3) is 0 Å². The van der Waals surface area contributed by atoms with Crippen LogP contribution >= 0.6 is 0 Å². The lowest BCUT2D eigenvalue weighted by atomic mass is 9.53. The molecule has 0 saturated heterocycles. The van der Waals surface area contributed by atoms with E-state index in [2.05, 4.69) is 34.1 Å². The molecule has 6 rings (SSSR count). The van der Waals surface area contributed by atoms with Crippen LogP contribution in [0.1, 0.15) is 75.0 Å². The van der Waals surface area contributed by atoms with Crippen molar-refractivity contribution in [1.29, 1.82) is 0 Å². The van der Waals surface area contributed by atoms with Gasteiger partial charge in [0.15, 0.2) is 0 Å². The van der Waals surface area contributed by atoms with Gasteiger partial charge in [0, 0.05) is 18.5 Å². The molecule has 3 N–H and O–H groups in total. The Balaban J connectivity index is 1.08. The van der Waals surface area contributed by atoms with E-state index in [0.29, 0.717) is 13.0 Å². The summed E-state index contributed by atoms with van der Waals surface area (Å²) in [5.41, 5.74) is 2.61. The molecular weight excluding hydrogens is 362 g/mol. The zero-order valence-electron chi connectivity index (χ0n) is 17.2. The van der Waals surface area contributed by atoms with Gasteiger partial charge in [0.2, 0.25) is 5.91 Å². The number of hydrogen-bond acceptors (Lipinski definition) is 2. The van der Waals surface area contributed by atoms with Crippen LogP contribution in [0, 0.1) is 17.8 Å². The van der Waals surface area contributed by atoms with Gasteiger partial charge in [-0.3, -0.25) is 4.79 Å². The first-order valence-electron chi connectivity index (χ1n) is 11.5. The molecule has 4 saturated carbocycles. The normalized spacial score (nSPS) is 34.3. The Kier molecular flexibility index (Phi) is 5.00. The summed E-state index contributed by atoms with van der Waals surface area (Å²) in [4.78, 5) is 24.9. The second-order valence-corrected chi connectivity index (χ2v) is 10.0. The van der Waals surface area contributed by atoms with Gasteiger partial charge in [-0.2, -0.15) is 0 Å². The van der Waals surface area contributed by atoms with Crippen LogP contribution in [0.2, 0.25) is 0 Å². The summed E-state index contributed by atoms with van der Waals surface area (Å²) in [6, 6.07) is 8.39. The van der Waals surface area contributed by atoms with Crippen LogP contribution in [0.5, 0.6) is 0 Å². The highest BCUT2D eigenvalue weighted by Gasteiger charge is 2.51. The fraction of sp³-hybridized carbons (Fsp3) is 0.667. The smallest absolute Gasteiger partial charge is 0.315 e. The lowest BCUT2D eigenvalue weighted by Crippen LogP contribution is -2.61. The maximum Gasteiger partial charge on any atom is 0.315 e. The van der Waals surface area contributed by atoms with E-state index in [1.54, 1.807) is 0 Å². The molecule has 1 unspecified atom stereocenters. The van der Waals surface area contributed by atoms with Crippen molar-refractivity contribution in [2.24, 2.45) is 17.8 Å². The standard InChI is InChI=1S/C24H33N3O2/c28-22(26-21-7-3-5-19-4-1-2-6-20(19)21)8-9-25-23(29)27-24-13-16-10-17(14-24)12-18(11-16)15-24/h1-2,4,6,16-18,21H,3,5,7-15H2,(H,26,28)(H2,25,27,29). The van der Waals surface area contributed by atoms with Crippen molar-refractivity contribution < 1.29 is 9.59 Å². The van der Waals surface area contributed by atoms with E-state index in [9.17, 15) is 9.59 Å². The van der Waals surface area contributed by atoms with Crippen molar-refractivity contribution in [2.75, 3.05) is 6.54 Å². The average Bonchev–Trinajstić information content (AvgIpc) is 2.67. The monoisotopic (exact) mass is 395 g/mol. The summed E-state index contributed by atoms with van der Waals surface area (Å²) in [6.07, 6.45) is 11.1. The molecule has 3 amide bonds. The number of carbonyl (C=O) groups is 2. The van der Waals surface area contributed by atoms with E-state index in [-0.39, 0.29) is 23.5 Å². The third kappa shape index (κ3) is 4.01. The highest BCUT2D eigenvalue weighted by Crippen LogP contribution is 2.55. The Morgan fingerprint density at radius 2 is 1.69 bits per heavy atom. The lowest BCUT2D eigenvalue weighted by Gasteiger charge is -2.56. The van der Waals surface area contributed by atoms with Gasteiger partial charge in [-0.15, -0.1) is 0 Å². The van der Waals surface area contributed by atoms with Gasteiger partial charge in [0.05, 0.1) is 6.04 Å². The van der Waals surface area contributed by atoms with Crippen molar-refractivity contribution in [3.63, 3.8) is 0 Å². The first-order valence-corrected chi connectivity index (χ1v) is 11.5. The summed E-state index contributed by atoms with van der Waals surface area (Å²) in [6.45, 7) is 0.387. The fourth-order valence-electron chi connectivity index (χ4n) is 7.01. The van der Waals surface area contributed by atoms with Crippen molar-refractivity contribution >= 4 is 11.9 Å².